The number of nitrogens with zero attached hydrogens (tertiary/aromatic N) is 2. The van der Waals surface area contributed by atoms with Gasteiger partial charge in [0.1, 0.15) is 0 Å². The third kappa shape index (κ3) is 6.47. The summed E-state index contributed by atoms with van der Waals surface area (Å²) in [6, 6.07) is 16.6. The van der Waals surface area contributed by atoms with E-state index >= 15 is 0 Å². The van der Waals surface area contributed by atoms with Crippen molar-refractivity contribution in [2.45, 2.75) is 27.2 Å². The fourth-order valence-corrected chi connectivity index (χ4v) is 2.00. The van der Waals surface area contributed by atoms with Crippen molar-refractivity contribution in [3.63, 3.8) is 0 Å². The molecule has 0 atom stereocenters. The number of carbonyl (C=O) groups excluding carboxylic acids is 2. The Morgan fingerprint density at radius 3 is 2.04 bits per heavy atom. The Hall–Kier alpha value is -3.02. The number of azo groups is 1. The van der Waals surface area contributed by atoms with Crippen molar-refractivity contribution >= 4 is 28.9 Å². The van der Waals surface area contributed by atoms with Crippen LogP contribution in [-0.2, 0) is 9.59 Å². The zero-order valence-corrected chi connectivity index (χ0v) is 15.3. The molecule has 0 aliphatic heterocycles. The number of benzene rings is 2. The summed E-state index contributed by atoms with van der Waals surface area (Å²) in [6.07, 6.45) is 0.220. The van der Waals surface area contributed by atoms with Crippen LogP contribution in [0.25, 0.3) is 0 Å². The van der Waals surface area contributed by atoms with Crippen molar-refractivity contribution in [1.82, 2.24) is 5.32 Å². The van der Waals surface area contributed by atoms with Crippen molar-refractivity contribution in [2.75, 3.05) is 11.9 Å². The van der Waals surface area contributed by atoms with Crippen LogP contribution in [0.1, 0.15) is 27.2 Å². The average molecular weight is 352 g/mol. The summed E-state index contributed by atoms with van der Waals surface area (Å²) in [5.74, 6) is -0.226. The second-order valence-corrected chi connectivity index (χ2v) is 6.89. The quantitative estimate of drug-likeness (QED) is 0.745. The monoisotopic (exact) mass is 352 g/mol. The van der Waals surface area contributed by atoms with Crippen molar-refractivity contribution < 1.29 is 9.59 Å². The van der Waals surface area contributed by atoms with Crippen LogP contribution in [0.3, 0.4) is 0 Å². The molecule has 0 aliphatic carbocycles. The maximum Gasteiger partial charge on any atom is 0.226 e. The van der Waals surface area contributed by atoms with Crippen LogP contribution in [0.2, 0.25) is 0 Å². The molecule has 0 fully saturated rings. The highest BCUT2D eigenvalue weighted by molar-refractivity contribution is 5.91. The van der Waals surface area contributed by atoms with E-state index in [1.54, 1.807) is 24.3 Å². The Morgan fingerprint density at radius 2 is 1.46 bits per heavy atom. The molecular formula is C20H24N4O2. The molecule has 2 rings (SSSR count). The van der Waals surface area contributed by atoms with E-state index in [1.165, 1.54) is 0 Å². The number of rotatable bonds is 6. The van der Waals surface area contributed by atoms with E-state index in [2.05, 4.69) is 20.9 Å². The van der Waals surface area contributed by atoms with Gasteiger partial charge in [-0.1, -0.05) is 39.0 Å². The summed E-state index contributed by atoms with van der Waals surface area (Å²) in [7, 11) is 0. The van der Waals surface area contributed by atoms with Crippen molar-refractivity contribution in [1.29, 1.82) is 0 Å². The topological polar surface area (TPSA) is 82.9 Å². The molecule has 0 heterocycles. The fourth-order valence-electron chi connectivity index (χ4n) is 2.00. The molecule has 0 aliphatic rings. The Morgan fingerprint density at radius 1 is 0.885 bits per heavy atom. The third-order valence-corrected chi connectivity index (χ3v) is 3.51. The Kier molecular flexibility index (Phi) is 6.60. The third-order valence-electron chi connectivity index (χ3n) is 3.51. The largest absolute Gasteiger partial charge is 0.355 e. The molecule has 0 unspecified atom stereocenters. The highest BCUT2D eigenvalue weighted by Crippen LogP contribution is 2.20. The van der Waals surface area contributed by atoms with Gasteiger partial charge >= 0.3 is 0 Å². The van der Waals surface area contributed by atoms with Gasteiger partial charge in [-0.25, -0.2) is 0 Å². The smallest absolute Gasteiger partial charge is 0.226 e. The van der Waals surface area contributed by atoms with Gasteiger partial charge in [0.2, 0.25) is 11.8 Å². The van der Waals surface area contributed by atoms with E-state index in [-0.39, 0.29) is 18.2 Å². The summed E-state index contributed by atoms with van der Waals surface area (Å²) in [4.78, 5) is 23.7. The molecule has 2 amide bonds. The van der Waals surface area contributed by atoms with Gasteiger partial charge in [-0.2, -0.15) is 10.2 Å². The van der Waals surface area contributed by atoms with Crippen LogP contribution >= 0.6 is 0 Å². The number of anilines is 1. The molecule has 2 aromatic rings. The maximum atomic E-state index is 11.9. The van der Waals surface area contributed by atoms with Crippen LogP contribution in [-0.4, -0.2) is 18.4 Å². The van der Waals surface area contributed by atoms with Gasteiger partial charge in [0.05, 0.1) is 11.4 Å². The van der Waals surface area contributed by atoms with E-state index in [4.69, 9.17) is 0 Å². The fraction of sp³-hybridized carbons (Fsp3) is 0.300. The Labute approximate surface area is 153 Å². The predicted octanol–water partition coefficient (Wildman–Crippen LogP) is 4.59. The van der Waals surface area contributed by atoms with Gasteiger partial charge in [-0.15, -0.1) is 0 Å². The molecule has 0 saturated heterocycles. The minimum atomic E-state index is -0.458. The van der Waals surface area contributed by atoms with E-state index in [9.17, 15) is 9.59 Å². The van der Waals surface area contributed by atoms with Crippen molar-refractivity contribution in [2.24, 2.45) is 15.6 Å². The SMILES string of the molecule is CC(C)(C)C(=O)NCCC(=O)Nc1ccc(N=Nc2ccccc2)cc1. The molecule has 6 heteroatoms. The van der Waals surface area contributed by atoms with Gasteiger partial charge in [0, 0.05) is 24.1 Å². The molecule has 136 valence electrons. The number of nitrogens with one attached hydrogen (secondary N) is 2. The molecule has 6 nitrogen and oxygen atoms in total. The summed E-state index contributed by atoms with van der Waals surface area (Å²) < 4.78 is 0. The summed E-state index contributed by atoms with van der Waals surface area (Å²) in [5, 5.41) is 13.8. The number of carbonyl (C=O) groups is 2. The van der Waals surface area contributed by atoms with Gasteiger partial charge in [-0.3, -0.25) is 9.59 Å². The molecular weight excluding hydrogens is 328 g/mol. The number of hydrogen-bond donors (Lipinski definition) is 2. The first kappa shape index (κ1) is 19.3. The molecule has 0 spiro atoms. The van der Waals surface area contributed by atoms with E-state index < -0.39 is 5.41 Å². The van der Waals surface area contributed by atoms with Crippen LogP contribution < -0.4 is 10.6 Å². The van der Waals surface area contributed by atoms with Crippen LogP contribution in [0.5, 0.6) is 0 Å². The summed E-state index contributed by atoms with van der Waals surface area (Å²) >= 11 is 0. The maximum absolute atomic E-state index is 11.9. The minimum Gasteiger partial charge on any atom is -0.355 e. The van der Waals surface area contributed by atoms with E-state index in [0.29, 0.717) is 17.9 Å². The molecule has 26 heavy (non-hydrogen) atoms. The molecule has 2 N–H and O–H groups in total. The average Bonchev–Trinajstić information content (AvgIpc) is 2.61. The molecule has 2 aromatic carbocycles. The first-order valence-electron chi connectivity index (χ1n) is 8.49. The first-order chi connectivity index (χ1) is 12.3. The molecule has 0 aromatic heterocycles. The zero-order chi connectivity index (χ0) is 19.0. The van der Waals surface area contributed by atoms with Gasteiger partial charge in [0.15, 0.2) is 0 Å². The van der Waals surface area contributed by atoms with Crippen molar-refractivity contribution in [3.05, 3.63) is 54.6 Å². The molecule has 0 radical (unpaired) electrons. The lowest BCUT2D eigenvalue weighted by Gasteiger charge is -2.17. The zero-order valence-electron chi connectivity index (χ0n) is 15.3. The standard InChI is InChI=1S/C20H24N4O2/c1-20(2,3)19(26)21-14-13-18(25)22-15-9-11-17(12-10-15)24-23-16-7-5-4-6-8-16/h4-12H,13-14H2,1-3H3,(H,21,26)(H,22,25). The van der Waals surface area contributed by atoms with Crippen LogP contribution in [0.4, 0.5) is 17.1 Å². The Bertz CT molecular complexity index is 763. The molecule has 0 bridgehead atoms. The van der Waals surface area contributed by atoms with Crippen LogP contribution in [0, 0.1) is 5.41 Å². The first-order valence-corrected chi connectivity index (χ1v) is 8.49. The summed E-state index contributed by atoms with van der Waals surface area (Å²) in [5.41, 5.74) is 1.70. The summed E-state index contributed by atoms with van der Waals surface area (Å²) in [6.45, 7) is 5.81. The van der Waals surface area contributed by atoms with E-state index in [0.717, 1.165) is 5.69 Å². The second kappa shape index (κ2) is 8.89. The number of hydrogen-bond acceptors (Lipinski definition) is 4. The Balaban J connectivity index is 1.80. The van der Waals surface area contributed by atoms with Gasteiger partial charge < -0.3 is 10.6 Å². The number of amides is 2. The molecule has 0 saturated carbocycles. The van der Waals surface area contributed by atoms with Gasteiger partial charge in [-0.05, 0) is 36.4 Å². The second-order valence-electron chi connectivity index (χ2n) is 6.89. The van der Waals surface area contributed by atoms with E-state index in [1.807, 2.05) is 51.1 Å². The predicted molar refractivity (Wildman–Crippen MR) is 103 cm³/mol. The lowest BCUT2D eigenvalue weighted by molar-refractivity contribution is -0.128. The normalized spacial score (nSPS) is 11.3. The van der Waals surface area contributed by atoms with Crippen molar-refractivity contribution in [3.8, 4) is 0 Å². The van der Waals surface area contributed by atoms with Crippen LogP contribution in [0.15, 0.2) is 64.8 Å². The lowest BCUT2D eigenvalue weighted by atomic mass is 9.96. The van der Waals surface area contributed by atoms with Gasteiger partial charge in [0.25, 0.3) is 0 Å². The lowest BCUT2D eigenvalue weighted by Crippen LogP contribution is -2.36. The minimum absolute atomic E-state index is 0.0709. The highest BCUT2D eigenvalue weighted by Gasteiger charge is 2.20. The highest BCUT2D eigenvalue weighted by atomic mass is 16.2.